The zero-order chi connectivity index (χ0) is 40.8. The van der Waals surface area contributed by atoms with Gasteiger partial charge in [-0.05, 0) is 184 Å². The second-order valence-electron chi connectivity index (χ2n) is 16.8. The third-order valence-corrected chi connectivity index (χ3v) is 12.0. The molecular formula is C56H44N2O2. The van der Waals surface area contributed by atoms with Gasteiger partial charge in [-0.3, -0.25) is 0 Å². The summed E-state index contributed by atoms with van der Waals surface area (Å²) in [6, 6.07) is 57.5. The number of hydrogen-bond donors (Lipinski definition) is 0. The normalized spacial score (nSPS) is 11.8. The van der Waals surface area contributed by atoms with Crippen molar-refractivity contribution >= 4 is 99.5 Å². The van der Waals surface area contributed by atoms with Crippen LogP contribution in [0.1, 0.15) is 33.4 Å². The van der Waals surface area contributed by atoms with Crippen LogP contribution in [-0.4, -0.2) is 0 Å². The van der Waals surface area contributed by atoms with Crippen LogP contribution >= 0.6 is 0 Å². The van der Waals surface area contributed by atoms with Gasteiger partial charge >= 0.3 is 0 Å². The Balaban J connectivity index is 1.01. The van der Waals surface area contributed by atoms with E-state index in [4.69, 9.17) is 8.83 Å². The van der Waals surface area contributed by atoms with Gasteiger partial charge in [-0.15, -0.1) is 0 Å². The average molecular weight is 777 g/mol. The molecular weight excluding hydrogens is 733 g/mol. The molecule has 0 saturated heterocycles. The molecule has 0 atom stereocenters. The van der Waals surface area contributed by atoms with Gasteiger partial charge in [0, 0.05) is 66.4 Å². The molecule has 60 heavy (non-hydrogen) atoms. The van der Waals surface area contributed by atoms with E-state index in [9.17, 15) is 0 Å². The van der Waals surface area contributed by atoms with E-state index in [-0.39, 0.29) is 0 Å². The third kappa shape index (κ3) is 5.98. The maximum Gasteiger partial charge on any atom is 0.143 e. The molecule has 9 aromatic carbocycles. The second-order valence-corrected chi connectivity index (χ2v) is 16.8. The number of anilines is 6. The van der Waals surface area contributed by atoms with Gasteiger partial charge < -0.3 is 18.6 Å². The minimum absolute atomic E-state index is 0.853. The number of benzene rings is 9. The smallest absolute Gasteiger partial charge is 0.143 e. The summed E-state index contributed by atoms with van der Waals surface area (Å²) >= 11 is 0. The van der Waals surface area contributed by atoms with Crippen LogP contribution in [0.4, 0.5) is 34.1 Å². The summed E-state index contributed by atoms with van der Waals surface area (Å²) in [7, 11) is 0. The summed E-state index contributed by atoms with van der Waals surface area (Å²) in [5.74, 6) is 0. The van der Waals surface area contributed by atoms with Gasteiger partial charge in [-0.1, -0.05) is 59.7 Å². The molecule has 0 saturated carbocycles. The first kappa shape index (κ1) is 35.8. The van der Waals surface area contributed by atoms with Crippen molar-refractivity contribution < 1.29 is 8.83 Å². The Bertz CT molecular complexity index is 3220. The quantitative estimate of drug-likeness (QED) is 0.168. The van der Waals surface area contributed by atoms with Crippen LogP contribution < -0.4 is 9.80 Å². The zero-order valence-electron chi connectivity index (χ0n) is 34.7. The number of furan rings is 2. The van der Waals surface area contributed by atoms with Gasteiger partial charge in [0.05, 0.1) is 0 Å². The van der Waals surface area contributed by atoms with Gasteiger partial charge in [0.15, 0.2) is 0 Å². The molecule has 4 nitrogen and oxygen atoms in total. The Morgan fingerprint density at radius 2 is 0.617 bits per heavy atom. The highest BCUT2D eigenvalue weighted by Gasteiger charge is 2.20. The number of aryl methyl sites for hydroxylation is 6. The summed E-state index contributed by atoms with van der Waals surface area (Å²) < 4.78 is 13.6. The molecule has 290 valence electrons. The Hall–Kier alpha value is -7.30. The minimum atomic E-state index is 0.853. The van der Waals surface area contributed by atoms with Crippen molar-refractivity contribution in [2.24, 2.45) is 0 Å². The monoisotopic (exact) mass is 776 g/mol. The molecule has 4 heteroatoms. The van der Waals surface area contributed by atoms with Crippen LogP contribution in [0.15, 0.2) is 167 Å². The van der Waals surface area contributed by atoms with Crippen molar-refractivity contribution in [3.05, 3.63) is 191 Å². The van der Waals surface area contributed by atoms with E-state index in [0.29, 0.717) is 0 Å². The Kier molecular flexibility index (Phi) is 8.15. The van der Waals surface area contributed by atoms with Crippen molar-refractivity contribution in [3.8, 4) is 0 Å². The molecule has 2 aromatic heterocycles. The minimum Gasteiger partial charge on any atom is -0.455 e. The van der Waals surface area contributed by atoms with Crippen LogP contribution in [0.2, 0.25) is 0 Å². The molecule has 2 heterocycles. The fraction of sp³-hybridized carbons (Fsp3) is 0.107. The largest absolute Gasteiger partial charge is 0.455 e. The number of nitrogens with zero attached hydrogens (tertiary/aromatic N) is 2. The number of rotatable bonds is 6. The summed E-state index contributed by atoms with van der Waals surface area (Å²) in [6.45, 7) is 12.9. The molecule has 11 aromatic rings. The molecule has 0 unspecified atom stereocenters. The van der Waals surface area contributed by atoms with Crippen LogP contribution in [0.3, 0.4) is 0 Å². The van der Waals surface area contributed by atoms with Crippen molar-refractivity contribution in [1.29, 1.82) is 0 Å². The van der Waals surface area contributed by atoms with Crippen molar-refractivity contribution in [1.82, 2.24) is 0 Å². The van der Waals surface area contributed by atoms with Crippen LogP contribution in [0.5, 0.6) is 0 Å². The predicted octanol–water partition coefficient (Wildman–Crippen LogP) is 16.6. The highest BCUT2D eigenvalue weighted by Crippen LogP contribution is 2.44. The maximum absolute atomic E-state index is 6.78. The third-order valence-electron chi connectivity index (χ3n) is 12.0. The van der Waals surface area contributed by atoms with Gasteiger partial charge in [-0.2, -0.15) is 0 Å². The number of hydrogen-bond acceptors (Lipinski definition) is 4. The lowest BCUT2D eigenvalue weighted by Gasteiger charge is -2.26. The van der Waals surface area contributed by atoms with Crippen LogP contribution in [0.25, 0.3) is 65.4 Å². The van der Waals surface area contributed by atoms with E-state index >= 15 is 0 Å². The lowest BCUT2D eigenvalue weighted by atomic mass is 10.0. The molecule has 0 spiro atoms. The van der Waals surface area contributed by atoms with E-state index in [2.05, 4.69) is 209 Å². The second kappa shape index (κ2) is 13.6. The standard InChI is InChI=1S/C56H44N2O2/c1-33-7-13-41(14-8-33)57(45-25-35(3)23-36(4)26-45)43-17-21-47-39(29-43)11-19-49-51-31-54-52(32-53(51)59-55(47)49)50-20-12-40-30-44(18-22-48(40)56(50)60-54)58(42-15-9-34(2)10-16-42)46-27-37(5)24-38(6)28-46/h7-32H,1-6H3. The van der Waals surface area contributed by atoms with Crippen molar-refractivity contribution in [2.75, 3.05) is 9.80 Å². The molecule has 0 bridgehead atoms. The summed E-state index contributed by atoms with van der Waals surface area (Å²) in [5, 5.41) is 8.67. The molecule has 0 fully saturated rings. The van der Waals surface area contributed by atoms with Gasteiger partial charge in [0.2, 0.25) is 0 Å². The summed E-state index contributed by atoms with van der Waals surface area (Å²) in [6.07, 6.45) is 0. The van der Waals surface area contributed by atoms with E-state index in [1.54, 1.807) is 0 Å². The molecule has 0 N–H and O–H groups in total. The fourth-order valence-corrected chi connectivity index (χ4v) is 9.31. The molecule has 11 rings (SSSR count). The van der Waals surface area contributed by atoms with E-state index < -0.39 is 0 Å². The van der Waals surface area contributed by atoms with E-state index in [0.717, 1.165) is 99.5 Å². The van der Waals surface area contributed by atoms with E-state index in [1.807, 2.05) is 0 Å². The lowest BCUT2D eigenvalue weighted by Crippen LogP contribution is -2.10. The maximum atomic E-state index is 6.78. The highest BCUT2D eigenvalue weighted by molar-refractivity contribution is 6.21. The summed E-state index contributed by atoms with van der Waals surface area (Å²) in [5.41, 5.74) is 17.6. The average Bonchev–Trinajstić information content (AvgIpc) is 3.78. The fourth-order valence-electron chi connectivity index (χ4n) is 9.31. The van der Waals surface area contributed by atoms with Crippen molar-refractivity contribution in [3.63, 3.8) is 0 Å². The number of fused-ring (bicyclic) bond motifs is 10. The SMILES string of the molecule is Cc1ccc(N(c2cc(C)cc(C)c2)c2ccc3c(ccc4c5cc6oc7c8ccc(N(c9ccc(C)cc9)c9cc(C)cc(C)c9)cc8ccc7c6cc5oc34)c2)cc1. The molecule has 0 aliphatic heterocycles. The van der Waals surface area contributed by atoms with Gasteiger partial charge in [0.25, 0.3) is 0 Å². The molecule has 0 radical (unpaired) electrons. The molecule has 0 aliphatic rings. The van der Waals surface area contributed by atoms with Crippen molar-refractivity contribution in [2.45, 2.75) is 41.5 Å². The first-order chi connectivity index (χ1) is 29.1. The highest BCUT2D eigenvalue weighted by atomic mass is 16.3. The first-order valence-corrected chi connectivity index (χ1v) is 20.7. The van der Waals surface area contributed by atoms with Crippen LogP contribution in [0, 0.1) is 41.5 Å². The molecule has 0 aliphatic carbocycles. The molecule has 0 amide bonds. The Morgan fingerprint density at radius 1 is 0.267 bits per heavy atom. The Labute approximate surface area is 349 Å². The van der Waals surface area contributed by atoms with E-state index in [1.165, 1.54) is 33.4 Å². The lowest BCUT2D eigenvalue weighted by molar-refractivity contribution is 0.667. The van der Waals surface area contributed by atoms with Gasteiger partial charge in [0.1, 0.15) is 22.3 Å². The van der Waals surface area contributed by atoms with Crippen LogP contribution in [-0.2, 0) is 0 Å². The first-order valence-electron chi connectivity index (χ1n) is 20.7. The Morgan fingerprint density at radius 3 is 1.00 bits per heavy atom. The summed E-state index contributed by atoms with van der Waals surface area (Å²) in [4.78, 5) is 4.69. The predicted molar refractivity (Wildman–Crippen MR) is 254 cm³/mol. The zero-order valence-corrected chi connectivity index (χ0v) is 34.7. The van der Waals surface area contributed by atoms with Gasteiger partial charge in [-0.25, -0.2) is 0 Å². The topological polar surface area (TPSA) is 32.8 Å².